The first-order valence-corrected chi connectivity index (χ1v) is 9.19. The van der Waals surface area contributed by atoms with Gasteiger partial charge in [-0.1, -0.05) is 24.3 Å². The van der Waals surface area contributed by atoms with Gasteiger partial charge in [0.05, 0.1) is 5.56 Å². The quantitative estimate of drug-likeness (QED) is 0.814. The Kier molecular flexibility index (Phi) is 6.22. The van der Waals surface area contributed by atoms with Gasteiger partial charge in [-0.25, -0.2) is 0 Å². The minimum absolute atomic E-state index is 0.0127. The zero-order valence-corrected chi connectivity index (χ0v) is 15.8. The van der Waals surface area contributed by atoms with E-state index in [-0.39, 0.29) is 23.6 Å². The molecule has 0 bridgehead atoms. The average Bonchev–Trinajstić information content (AvgIpc) is 3.22. The molecular weight excluding hydrogens is 385 g/mol. The first kappa shape index (κ1) is 20.9. The van der Waals surface area contributed by atoms with Crippen LogP contribution in [0.3, 0.4) is 0 Å². The van der Waals surface area contributed by atoms with Gasteiger partial charge in [-0.3, -0.25) is 9.59 Å². The maximum absolute atomic E-state index is 13.2. The lowest BCUT2D eigenvalue weighted by molar-refractivity contribution is -0.138. The summed E-state index contributed by atoms with van der Waals surface area (Å²) in [7, 11) is 1.44. The van der Waals surface area contributed by atoms with E-state index in [9.17, 15) is 22.8 Å². The number of hydrogen-bond donors (Lipinski definition) is 1. The third-order valence-electron chi connectivity index (χ3n) is 4.68. The number of amides is 2. The van der Waals surface area contributed by atoms with Gasteiger partial charge in [0, 0.05) is 31.5 Å². The summed E-state index contributed by atoms with van der Waals surface area (Å²) in [5.74, 6) is -0.727. The highest BCUT2D eigenvalue weighted by Crippen LogP contribution is 2.32. The minimum atomic E-state index is -4.49. The van der Waals surface area contributed by atoms with Gasteiger partial charge in [0.25, 0.3) is 11.8 Å². The molecule has 0 spiro atoms. The normalized spacial score (nSPS) is 16.5. The summed E-state index contributed by atoms with van der Waals surface area (Å²) in [5.41, 5.74) is -0.0570. The van der Waals surface area contributed by atoms with Crippen LogP contribution in [0.4, 0.5) is 18.9 Å². The largest absolute Gasteiger partial charge is 0.416 e. The maximum atomic E-state index is 13.2. The van der Waals surface area contributed by atoms with Crippen molar-refractivity contribution in [2.24, 2.45) is 0 Å². The fraction of sp³-hybridized carbons (Fsp3) is 0.333. The summed E-state index contributed by atoms with van der Waals surface area (Å²) in [4.78, 5) is 26.1. The third-order valence-corrected chi connectivity index (χ3v) is 4.68. The summed E-state index contributed by atoms with van der Waals surface area (Å²) in [5, 5.41) is 2.71. The van der Waals surface area contributed by atoms with Crippen LogP contribution in [-0.2, 0) is 22.3 Å². The number of anilines is 1. The Balaban J connectivity index is 1.71. The van der Waals surface area contributed by atoms with Crippen molar-refractivity contribution in [3.8, 4) is 0 Å². The molecule has 0 saturated carbocycles. The third kappa shape index (κ3) is 5.14. The van der Waals surface area contributed by atoms with Gasteiger partial charge >= 0.3 is 6.18 Å². The van der Waals surface area contributed by atoms with Crippen LogP contribution in [0.1, 0.15) is 34.3 Å². The molecule has 1 aliphatic heterocycles. The van der Waals surface area contributed by atoms with Gasteiger partial charge < -0.3 is 15.0 Å². The molecular formula is C21H21F3N2O3. The van der Waals surface area contributed by atoms with Crippen molar-refractivity contribution in [3.05, 3.63) is 65.2 Å². The number of alkyl halides is 3. The van der Waals surface area contributed by atoms with E-state index in [1.165, 1.54) is 36.2 Å². The number of halogens is 3. The van der Waals surface area contributed by atoms with Crippen molar-refractivity contribution in [1.29, 1.82) is 0 Å². The number of hydrogen-bond acceptors (Lipinski definition) is 3. The molecule has 5 nitrogen and oxygen atoms in total. The standard InChI is InChI=1S/C21H21F3N2O3/c1-26(13-15-6-2-3-9-17(15)21(22,23)24)20(28)14-7-4-8-16(12-14)25-19(27)18-10-5-11-29-18/h2-4,6-9,12,18H,5,10-11,13H2,1H3,(H,25,27). The smallest absolute Gasteiger partial charge is 0.368 e. The summed E-state index contributed by atoms with van der Waals surface area (Å²) >= 11 is 0. The Morgan fingerprint density at radius 2 is 1.93 bits per heavy atom. The average molecular weight is 406 g/mol. The maximum Gasteiger partial charge on any atom is 0.416 e. The molecule has 29 heavy (non-hydrogen) atoms. The van der Waals surface area contributed by atoms with Crippen LogP contribution >= 0.6 is 0 Å². The predicted molar refractivity (Wildman–Crippen MR) is 101 cm³/mol. The first-order chi connectivity index (χ1) is 13.8. The summed E-state index contributed by atoms with van der Waals surface area (Å²) in [6.45, 7) is 0.349. The van der Waals surface area contributed by atoms with Crippen molar-refractivity contribution in [2.75, 3.05) is 19.0 Å². The van der Waals surface area contributed by atoms with Crippen LogP contribution in [0, 0.1) is 0 Å². The van der Waals surface area contributed by atoms with E-state index < -0.39 is 23.8 Å². The number of rotatable bonds is 5. The Morgan fingerprint density at radius 1 is 1.17 bits per heavy atom. The van der Waals surface area contributed by atoms with Crippen LogP contribution in [0.15, 0.2) is 48.5 Å². The number of ether oxygens (including phenoxy) is 1. The topological polar surface area (TPSA) is 58.6 Å². The zero-order valence-electron chi connectivity index (χ0n) is 15.8. The molecule has 2 aromatic rings. The Hall–Kier alpha value is -2.87. The fourth-order valence-electron chi connectivity index (χ4n) is 3.22. The Bertz CT molecular complexity index is 893. The van der Waals surface area contributed by atoms with Crippen LogP contribution in [0.25, 0.3) is 0 Å². The van der Waals surface area contributed by atoms with E-state index in [0.717, 1.165) is 12.5 Å². The minimum Gasteiger partial charge on any atom is -0.368 e. The second-order valence-electron chi connectivity index (χ2n) is 6.89. The van der Waals surface area contributed by atoms with Crippen LogP contribution in [0.2, 0.25) is 0 Å². The van der Waals surface area contributed by atoms with Gasteiger partial charge in [0.15, 0.2) is 0 Å². The van der Waals surface area contributed by atoms with Crippen molar-refractivity contribution in [3.63, 3.8) is 0 Å². The van der Waals surface area contributed by atoms with Crippen molar-refractivity contribution >= 4 is 17.5 Å². The van der Waals surface area contributed by atoms with E-state index in [2.05, 4.69) is 5.32 Å². The molecule has 1 heterocycles. The van der Waals surface area contributed by atoms with Crippen molar-refractivity contribution in [2.45, 2.75) is 31.7 Å². The van der Waals surface area contributed by atoms with Crippen molar-refractivity contribution < 1.29 is 27.5 Å². The molecule has 154 valence electrons. The Morgan fingerprint density at radius 3 is 2.62 bits per heavy atom. The molecule has 0 aromatic heterocycles. The lowest BCUT2D eigenvalue weighted by Gasteiger charge is -2.20. The fourth-order valence-corrected chi connectivity index (χ4v) is 3.22. The summed E-state index contributed by atoms with van der Waals surface area (Å²) in [6.07, 6.45) is -3.53. The highest BCUT2D eigenvalue weighted by molar-refractivity contribution is 5.98. The SMILES string of the molecule is CN(Cc1ccccc1C(F)(F)F)C(=O)c1cccc(NC(=O)C2CCCO2)c1. The number of benzene rings is 2. The molecule has 1 unspecified atom stereocenters. The molecule has 1 atom stereocenters. The van der Waals surface area contributed by atoms with E-state index in [0.29, 0.717) is 18.7 Å². The van der Waals surface area contributed by atoms with Crippen LogP contribution < -0.4 is 5.32 Å². The molecule has 8 heteroatoms. The second kappa shape index (κ2) is 8.65. The number of nitrogens with one attached hydrogen (secondary N) is 1. The summed E-state index contributed by atoms with van der Waals surface area (Å²) < 4.78 is 44.8. The van der Waals surface area contributed by atoms with Gasteiger partial charge in [0.2, 0.25) is 0 Å². The van der Waals surface area contributed by atoms with E-state index >= 15 is 0 Å². The van der Waals surface area contributed by atoms with Crippen LogP contribution in [0.5, 0.6) is 0 Å². The van der Waals surface area contributed by atoms with E-state index in [1.807, 2.05) is 0 Å². The highest BCUT2D eigenvalue weighted by Gasteiger charge is 2.33. The molecule has 0 aliphatic carbocycles. The molecule has 1 aliphatic rings. The number of carbonyl (C=O) groups is 2. The Labute approximate surface area is 166 Å². The molecule has 3 rings (SSSR count). The van der Waals surface area contributed by atoms with E-state index in [4.69, 9.17) is 4.74 Å². The zero-order chi connectivity index (χ0) is 21.0. The van der Waals surface area contributed by atoms with Gasteiger partial charge in [-0.05, 0) is 42.7 Å². The predicted octanol–water partition coefficient (Wildman–Crippen LogP) is 4.10. The second-order valence-corrected chi connectivity index (χ2v) is 6.89. The van der Waals surface area contributed by atoms with Gasteiger partial charge in [0.1, 0.15) is 6.10 Å². The van der Waals surface area contributed by atoms with Gasteiger partial charge in [-0.2, -0.15) is 13.2 Å². The monoisotopic (exact) mass is 406 g/mol. The van der Waals surface area contributed by atoms with E-state index in [1.54, 1.807) is 18.2 Å². The lowest BCUT2D eigenvalue weighted by Crippen LogP contribution is -2.28. The van der Waals surface area contributed by atoms with Gasteiger partial charge in [-0.15, -0.1) is 0 Å². The summed E-state index contributed by atoms with van der Waals surface area (Å²) in [6, 6.07) is 11.5. The highest BCUT2D eigenvalue weighted by atomic mass is 19.4. The number of carbonyl (C=O) groups excluding carboxylic acids is 2. The molecule has 2 amide bonds. The van der Waals surface area contributed by atoms with Crippen LogP contribution in [-0.4, -0.2) is 36.5 Å². The molecule has 0 radical (unpaired) electrons. The van der Waals surface area contributed by atoms with Crippen molar-refractivity contribution in [1.82, 2.24) is 4.90 Å². The molecule has 1 fully saturated rings. The lowest BCUT2D eigenvalue weighted by atomic mass is 10.1. The molecule has 1 saturated heterocycles. The number of nitrogens with zero attached hydrogens (tertiary/aromatic N) is 1. The molecule has 2 aromatic carbocycles. The molecule has 1 N–H and O–H groups in total. The first-order valence-electron chi connectivity index (χ1n) is 9.19.